The van der Waals surface area contributed by atoms with Crippen LogP contribution in [-0.4, -0.2) is 11.8 Å². The first-order valence-corrected chi connectivity index (χ1v) is 9.22. The van der Waals surface area contributed by atoms with E-state index in [2.05, 4.69) is 10.9 Å². The Hall–Kier alpha value is -3.86. The highest BCUT2D eigenvalue weighted by Crippen LogP contribution is 2.15. The van der Waals surface area contributed by atoms with E-state index in [0.717, 1.165) is 22.4 Å². The molecule has 0 unspecified atom stereocenters. The molecular weight excluding hydrogens is 364 g/mol. The highest BCUT2D eigenvalue weighted by Gasteiger charge is 2.05. The molecule has 3 aromatic carbocycles. The summed E-state index contributed by atoms with van der Waals surface area (Å²) in [5.74, 6) is -0.0395. The summed E-state index contributed by atoms with van der Waals surface area (Å²) in [4.78, 5) is 23.9. The van der Waals surface area contributed by atoms with Crippen LogP contribution in [0.4, 0.5) is 0 Å². The molecule has 29 heavy (non-hydrogen) atoms. The summed E-state index contributed by atoms with van der Waals surface area (Å²) in [7, 11) is 0. The maximum absolute atomic E-state index is 12.0. The number of rotatable bonds is 6. The van der Waals surface area contributed by atoms with Gasteiger partial charge in [0.1, 0.15) is 12.4 Å². The van der Waals surface area contributed by atoms with Gasteiger partial charge in [0.05, 0.1) is 0 Å². The molecule has 0 heterocycles. The zero-order chi connectivity index (χ0) is 20.5. The molecule has 0 bridgehead atoms. The van der Waals surface area contributed by atoms with Gasteiger partial charge in [0, 0.05) is 11.6 Å². The lowest BCUT2D eigenvalue weighted by atomic mass is 10.1. The van der Waals surface area contributed by atoms with E-state index in [-0.39, 0.29) is 5.91 Å². The van der Waals surface area contributed by atoms with Crippen molar-refractivity contribution in [3.8, 4) is 5.75 Å². The van der Waals surface area contributed by atoms with Crippen LogP contribution in [0.15, 0.2) is 84.9 Å². The Kier molecular flexibility index (Phi) is 6.79. The van der Waals surface area contributed by atoms with Gasteiger partial charge in [-0.05, 0) is 48.4 Å². The van der Waals surface area contributed by atoms with Crippen molar-refractivity contribution >= 4 is 17.9 Å². The third kappa shape index (κ3) is 6.36. The van der Waals surface area contributed by atoms with Gasteiger partial charge in [0.25, 0.3) is 11.8 Å². The average molecular weight is 386 g/mol. The molecule has 3 aromatic rings. The first kappa shape index (κ1) is 19.9. The highest BCUT2D eigenvalue weighted by molar-refractivity contribution is 5.97. The van der Waals surface area contributed by atoms with Gasteiger partial charge < -0.3 is 4.74 Å². The van der Waals surface area contributed by atoms with Gasteiger partial charge in [0.15, 0.2) is 0 Å². The molecule has 5 heteroatoms. The molecule has 0 aliphatic carbocycles. The maximum atomic E-state index is 12.0. The maximum Gasteiger partial charge on any atom is 0.269 e. The van der Waals surface area contributed by atoms with Crippen LogP contribution in [0.1, 0.15) is 27.0 Å². The van der Waals surface area contributed by atoms with E-state index in [1.165, 1.54) is 6.08 Å². The normalized spacial score (nSPS) is 10.5. The van der Waals surface area contributed by atoms with E-state index in [9.17, 15) is 9.59 Å². The van der Waals surface area contributed by atoms with Crippen LogP contribution in [0.2, 0.25) is 0 Å². The van der Waals surface area contributed by atoms with Crippen LogP contribution >= 0.6 is 0 Å². The molecule has 2 N–H and O–H groups in total. The number of nitrogens with one attached hydrogen (secondary N) is 2. The van der Waals surface area contributed by atoms with Gasteiger partial charge in [-0.3, -0.25) is 20.4 Å². The predicted molar refractivity (Wildman–Crippen MR) is 113 cm³/mol. The number of carbonyl (C=O) groups excluding carboxylic acids is 2. The molecule has 0 aliphatic heterocycles. The minimum Gasteiger partial charge on any atom is -0.489 e. The zero-order valence-electron chi connectivity index (χ0n) is 16.1. The van der Waals surface area contributed by atoms with Crippen molar-refractivity contribution in [2.24, 2.45) is 0 Å². The molecule has 146 valence electrons. The molecule has 2 amide bonds. The summed E-state index contributed by atoms with van der Waals surface area (Å²) in [6.45, 7) is 2.44. The van der Waals surface area contributed by atoms with E-state index in [1.807, 2.05) is 73.7 Å². The van der Waals surface area contributed by atoms with E-state index in [0.29, 0.717) is 12.2 Å². The van der Waals surface area contributed by atoms with Crippen molar-refractivity contribution in [3.05, 3.63) is 107 Å². The van der Waals surface area contributed by atoms with Crippen molar-refractivity contribution in [1.82, 2.24) is 10.9 Å². The monoisotopic (exact) mass is 386 g/mol. The van der Waals surface area contributed by atoms with Crippen molar-refractivity contribution in [1.29, 1.82) is 0 Å². The Morgan fingerprint density at radius 3 is 2.24 bits per heavy atom. The van der Waals surface area contributed by atoms with Gasteiger partial charge in [-0.2, -0.15) is 0 Å². The fourth-order valence-corrected chi connectivity index (χ4v) is 2.53. The smallest absolute Gasteiger partial charge is 0.269 e. The van der Waals surface area contributed by atoms with Crippen LogP contribution in [-0.2, 0) is 11.4 Å². The average Bonchev–Trinajstić information content (AvgIpc) is 2.76. The van der Waals surface area contributed by atoms with Gasteiger partial charge in [-0.15, -0.1) is 0 Å². The summed E-state index contributed by atoms with van der Waals surface area (Å²) >= 11 is 0. The fourth-order valence-electron chi connectivity index (χ4n) is 2.53. The van der Waals surface area contributed by atoms with E-state index < -0.39 is 5.91 Å². The van der Waals surface area contributed by atoms with Gasteiger partial charge >= 0.3 is 0 Å². The lowest BCUT2D eigenvalue weighted by Crippen LogP contribution is -2.40. The predicted octanol–water partition coefficient (Wildman–Crippen LogP) is 4.05. The molecule has 0 saturated heterocycles. The molecular formula is C24H22N2O3. The van der Waals surface area contributed by atoms with Crippen LogP contribution in [0.25, 0.3) is 6.08 Å². The Labute approximate surface area is 170 Å². The van der Waals surface area contributed by atoms with Crippen molar-refractivity contribution in [2.75, 3.05) is 0 Å². The summed E-state index contributed by atoms with van der Waals surface area (Å²) in [5.41, 5.74) is 8.23. The van der Waals surface area contributed by atoms with Crippen LogP contribution < -0.4 is 15.6 Å². The molecule has 0 aliphatic rings. The number of hydrazine groups is 1. The van der Waals surface area contributed by atoms with Crippen LogP contribution in [0, 0.1) is 6.92 Å². The van der Waals surface area contributed by atoms with Gasteiger partial charge in [0.2, 0.25) is 0 Å². The Balaban J connectivity index is 1.45. The summed E-state index contributed by atoms with van der Waals surface area (Å²) in [6, 6.07) is 24.4. The molecule has 5 nitrogen and oxygen atoms in total. The molecule has 0 aromatic heterocycles. The summed E-state index contributed by atoms with van der Waals surface area (Å²) in [6.07, 6.45) is 3.02. The molecule has 3 rings (SSSR count). The van der Waals surface area contributed by atoms with E-state index >= 15 is 0 Å². The largest absolute Gasteiger partial charge is 0.489 e. The van der Waals surface area contributed by atoms with E-state index in [4.69, 9.17) is 4.74 Å². The number of ether oxygens (including phenoxy) is 1. The molecule has 0 radical (unpaired) electrons. The zero-order valence-corrected chi connectivity index (χ0v) is 16.1. The SMILES string of the molecule is Cc1ccc(C(=O)NNC(=O)/C=C/c2ccc(OCc3ccccc3)cc2)cc1. The number of carbonyl (C=O) groups is 2. The van der Waals surface area contributed by atoms with E-state index in [1.54, 1.807) is 18.2 Å². The minimum atomic E-state index is -0.421. The summed E-state index contributed by atoms with van der Waals surface area (Å²) < 4.78 is 5.74. The van der Waals surface area contributed by atoms with Gasteiger partial charge in [-0.1, -0.05) is 60.2 Å². The standard InChI is InChI=1S/C24H22N2O3/c1-18-7-12-21(13-8-18)24(28)26-25-23(27)16-11-19-9-14-22(15-10-19)29-17-20-5-3-2-4-6-20/h2-16H,17H2,1H3,(H,25,27)(H,26,28)/b16-11+. The lowest BCUT2D eigenvalue weighted by Gasteiger charge is -2.06. The second kappa shape index (κ2) is 9.90. The first-order valence-electron chi connectivity index (χ1n) is 9.22. The van der Waals surface area contributed by atoms with Crippen LogP contribution in [0.5, 0.6) is 5.75 Å². The van der Waals surface area contributed by atoms with Crippen LogP contribution in [0.3, 0.4) is 0 Å². The minimum absolute atomic E-state index is 0.369. The lowest BCUT2D eigenvalue weighted by molar-refractivity contribution is -0.117. The van der Waals surface area contributed by atoms with Gasteiger partial charge in [-0.25, -0.2) is 0 Å². The Morgan fingerprint density at radius 2 is 1.55 bits per heavy atom. The molecule has 0 atom stereocenters. The summed E-state index contributed by atoms with van der Waals surface area (Å²) in [5, 5.41) is 0. The molecule has 0 saturated carbocycles. The quantitative estimate of drug-likeness (QED) is 0.496. The van der Waals surface area contributed by atoms with Crippen molar-refractivity contribution in [2.45, 2.75) is 13.5 Å². The fraction of sp³-hybridized carbons (Fsp3) is 0.0833. The topological polar surface area (TPSA) is 67.4 Å². The number of hydrogen-bond acceptors (Lipinski definition) is 3. The number of hydrogen-bond donors (Lipinski definition) is 2. The second-order valence-electron chi connectivity index (χ2n) is 6.49. The highest BCUT2D eigenvalue weighted by atomic mass is 16.5. The molecule has 0 fully saturated rings. The van der Waals surface area contributed by atoms with Crippen molar-refractivity contribution < 1.29 is 14.3 Å². The third-order valence-electron chi connectivity index (χ3n) is 4.17. The first-order chi connectivity index (χ1) is 14.1. The number of amides is 2. The third-order valence-corrected chi connectivity index (χ3v) is 4.17. The van der Waals surface area contributed by atoms with Crippen molar-refractivity contribution in [3.63, 3.8) is 0 Å². The molecule has 0 spiro atoms. The second-order valence-corrected chi connectivity index (χ2v) is 6.49. The Bertz CT molecular complexity index is 979. The number of aryl methyl sites for hydroxylation is 1. The number of benzene rings is 3. The Morgan fingerprint density at radius 1 is 0.862 bits per heavy atom.